The highest BCUT2D eigenvalue weighted by Gasteiger charge is 2.15. The van der Waals surface area contributed by atoms with Crippen molar-refractivity contribution in [1.29, 1.82) is 0 Å². The first kappa shape index (κ1) is 15.2. The van der Waals surface area contributed by atoms with Gasteiger partial charge in [0.15, 0.2) is 5.78 Å². The van der Waals surface area contributed by atoms with Crippen molar-refractivity contribution in [3.8, 4) is 11.5 Å². The highest BCUT2D eigenvalue weighted by molar-refractivity contribution is 6.08. The second-order valence-electron chi connectivity index (χ2n) is 5.90. The summed E-state index contributed by atoms with van der Waals surface area (Å²) in [6.07, 6.45) is 0. The molecule has 0 radical (unpaired) electrons. The van der Waals surface area contributed by atoms with Gasteiger partial charge < -0.3 is 14.3 Å². The number of carbonyl (C=O) groups excluding carboxylic acids is 1. The molecule has 4 aromatic rings. The molecule has 124 valence electrons. The summed E-state index contributed by atoms with van der Waals surface area (Å²) in [4.78, 5) is 24.0. The van der Waals surface area contributed by atoms with Crippen LogP contribution in [0.2, 0.25) is 0 Å². The van der Waals surface area contributed by atoms with Crippen LogP contribution in [0.4, 0.5) is 0 Å². The molecule has 0 atom stereocenters. The van der Waals surface area contributed by atoms with Crippen LogP contribution in [0.3, 0.4) is 0 Å². The summed E-state index contributed by atoms with van der Waals surface area (Å²) in [7, 11) is 0. The number of phenolic OH excluding ortho intramolecular Hbond substituents is 1. The maximum absolute atomic E-state index is 13.0. The predicted octanol–water partition coefficient (Wildman–Crippen LogP) is 3.77. The molecule has 0 fully saturated rings. The Labute approximate surface area is 142 Å². The minimum absolute atomic E-state index is 0.0963. The monoisotopic (exact) mass is 334 g/mol. The quantitative estimate of drug-likeness (QED) is 0.456. The molecule has 0 aliphatic rings. The van der Waals surface area contributed by atoms with Crippen LogP contribution in [0.25, 0.3) is 32.7 Å². The molecular formula is C20H14O5. The fourth-order valence-electron chi connectivity index (χ4n) is 2.97. The lowest BCUT2D eigenvalue weighted by Crippen LogP contribution is -2.07. The van der Waals surface area contributed by atoms with Gasteiger partial charge in [0.1, 0.15) is 34.7 Å². The van der Waals surface area contributed by atoms with Gasteiger partial charge in [-0.1, -0.05) is 30.3 Å². The SMILES string of the molecule is CC(=O)COc1cc(O)c2c(=O)c3c(ccc4ccccc43)oc2c1. The fourth-order valence-corrected chi connectivity index (χ4v) is 2.97. The number of phenols is 1. The summed E-state index contributed by atoms with van der Waals surface area (Å²) in [5.74, 6) is -0.117. The smallest absolute Gasteiger partial charge is 0.204 e. The topological polar surface area (TPSA) is 76.7 Å². The number of Topliss-reactive ketones (excluding diaryl/α,β-unsaturated/α-hetero) is 1. The molecule has 5 nitrogen and oxygen atoms in total. The number of carbonyl (C=O) groups is 1. The molecule has 0 amide bonds. The summed E-state index contributed by atoms with van der Waals surface area (Å²) < 4.78 is 11.1. The van der Waals surface area contributed by atoms with Crippen LogP contribution < -0.4 is 10.2 Å². The first-order chi connectivity index (χ1) is 12.0. The van der Waals surface area contributed by atoms with Crippen molar-refractivity contribution in [2.75, 3.05) is 6.61 Å². The first-order valence-corrected chi connectivity index (χ1v) is 7.78. The number of benzene rings is 3. The van der Waals surface area contributed by atoms with E-state index in [-0.39, 0.29) is 40.3 Å². The van der Waals surface area contributed by atoms with Gasteiger partial charge in [-0.3, -0.25) is 9.59 Å². The zero-order valence-corrected chi connectivity index (χ0v) is 13.4. The van der Waals surface area contributed by atoms with Crippen LogP contribution in [0.15, 0.2) is 57.7 Å². The third-order valence-electron chi connectivity index (χ3n) is 4.06. The van der Waals surface area contributed by atoms with Gasteiger partial charge in [0.2, 0.25) is 5.43 Å². The molecule has 0 saturated heterocycles. The molecule has 0 spiro atoms. The Balaban J connectivity index is 2.04. The summed E-state index contributed by atoms with van der Waals surface area (Å²) in [5, 5.41) is 12.5. The Kier molecular flexibility index (Phi) is 3.42. The first-order valence-electron chi connectivity index (χ1n) is 7.78. The van der Waals surface area contributed by atoms with E-state index in [0.29, 0.717) is 11.0 Å². The van der Waals surface area contributed by atoms with Gasteiger partial charge in [0.25, 0.3) is 0 Å². The molecule has 25 heavy (non-hydrogen) atoms. The van der Waals surface area contributed by atoms with Crippen LogP contribution >= 0.6 is 0 Å². The van der Waals surface area contributed by atoms with Crippen molar-refractivity contribution in [1.82, 2.24) is 0 Å². The Morgan fingerprint density at radius 1 is 1.08 bits per heavy atom. The summed E-state index contributed by atoms with van der Waals surface area (Å²) >= 11 is 0. The molecule has 5 heteroatoms. The second-order valence-corrected chi connectivity index (χ2v) is 5.90. The van der Waals surface area contributed by atoms with Crippen molar-refractivity contribution in [3.05, 3.63) is 58.8 Å². The van der Waals surface area contributed by atoms with Crippen molar-refractivity contribution in [2.24, 2.45) is 0 Å². The van der Waals surface area contributed by atoms with E-state index in [2.05, 4.69) is 0 Å². The standard InChI is InChI=1S/C20H14O5/c1-11(21)10-24-13-8-15(22)19-17(9-13)25-16-7-6-12-4-2-3-5-14(12)18(16)20(19)23/h2-9,22H,10H2,1H3. The average molecular weight is 334 g/mol. The lowest BCUT2D eigenvalue weighted by Gasteiger charge is -2.09. The van der Waals surface area contributed by atoms with E-state index >= 15 is 0 Å². The maximum atomic E-state index is 13.0. The van der Waals surface area contributed by atoms with Gasteiger partial charge in [-0.05, 0) is 23.8 Å². The van der Waals surface area contributed by atoms with Crippen LogP contribution in [0.5, 0.6) is 11.5 Å². The summed E-state index contributed by atoms with van der Waals surface area (Å²) in [5.41, 5.74) is 0.342. The van der Waals surface area contributed by atoms with Crippen LogP contribution in [-0.4, -0.2) is 17.5 Å². The van der Waals surface area contributed by atoms with E-state index < -0.39 is 0 Å². The van der Waals surface area contributed by atoms with E-state index in [1.54, 1.807) is 6.07 Å². The van der Waals surface area contributed by atoms with Crippen molar-refractivity contribution >= 4 is 38.5 Å². The minimum atomic E-state index is -0.302. The molecule has 0 saturated carbocycles. The molecule has 1 N–H and O–H groups in total. The average Bonchev–Trinajstić information content (AvgIpc) is 2.59. The molecule has 4 rings (SSSR count). The van der Waals surface area contributed by atoms with Gasteiger partial charge in [-0.15, -0.1) is 0 Å². The maximum Gasteiger partial charge on any atom is 0.204 e. The Morgan fingerprint density at radius 2 is 1.88 bits per heavy atom. The molecule has 0 bridgehead atoms. The van der Waals surface area contributed by atoms with E-state index in [1.807, 2.05) is 30.3 Å². The fraction of sp³-hybridized carbons (Fsp3) is 0.100. The number of hydrogen-bond acceptors (Lipinski definition) is 5. The second kappa shape index (κ2) is 5.63. The lowest BCUT2D eigenvalue weighted by molar-refractivity contribution is -0.118. The molecule has 3 aromatic carbocycles. The molecule has 1 aromatic heterocycles. The summed E-state index contributed by atoms with van der Waals surface area (Å²) in [6, 6.07) is 13.9. The van der Waals surface area contributed by atoms with Crippen molar-refractivity contribution in [3.63, 3.8) is 0 Å². The van der Waals surface area contributed by atoms with E-state index in [4.69, 9.17) is 9.15 Å². The molecule has 1 heterocycles. The zero-order chi connectivity index (χ0) is 17.6. The van der Waals surface area contributed by atoms with E-state index in [9.17, 15) is 14.7 Å². The highest BCUT2D eigenvalue weighted by Crippen LogP contribution is 2.32. The molecular weight excluding hydrogens is 320 g/mol. The number of ketones is 1. The number of hydrogen-bond donors (Lipinski definition) is 1. The third-order valence-corrected chi connectivity index (χ3v) is 4.06. The number of rotatable bonds is 3. The molecule has 0 aliphatic heterocycles. The van der Waals surface area contributed by atoms with E-state index in [0.717, 1.165) is 10.8 Å². The van der Waals surface area contributed by atoms with Crippen LogP contribution in [-0.2, 0) is 4.79 Å². The zero-order valence-electron chi connectivity index (χ0n) is 13.4. The van der Waals surface area contributed by atoms with Crippen LogP contribution in [0, 0.1) is 0 Å². The third kappa shape index (κ3) is 2.50. The number of ether oxygens (including phenoxy) is 1. The van der Waals surface area contributed by atoms with Crippen LogP contribution in [0.1, 0.15) is 6.92 Å². The van der Waals surface area contributed by atoms with E-state index in [1.165, 1.54) is 19.1 Å². The summed E-state index contributed by atoms with van der Waals surface area (Å²) in [6.45, 7) is 1.28. The van der Waals surface area contributed by atoms with Gasteiger partial charge >= 0.3 is 0 Å². The molecule has 0 aliphatic carbocycles. The van der Waals surface area contributed by atoms with Crippen molar-refractivity contribution < 1.29 is 19.1 Å². The van der Waals surface area contributed by atoms with Gasteiger partial charge in [-0.2, -0.15) is 0 Å². The van der Waals surface area contributed by atoms with Crippen molar-refractivity contribution in [2.45, 2.75) is 6.92 Å². The van der Waals surface area contributed by atoms with Gasteiger partial charge in [-0.25, -0.2) is 0 Å². The largest absolute Gasteiger partial charge is 0.507 e. The minimum Gasteiger partial charge on any atom is -0.507 e. The Bertz CT molecular complexity index is 1200. The Morgan fingerprint density at radius 3 is 2.68 bits per heavy atom. The number of fused-ring (bicyclic) bond motifs is 4. The highest BCUT2D eigenvalue weighted by atomic mass is 16.5. The van der Waals surface area contributed by atoms with Gasteiger partial charge in [0, 0.05) is 12.1 Å². The normalized spacial score (nSPS) is 11.2. The lowest BCUT2D eigenvalue weighted by atomic mass is 10.0. The van der Waals surface area contributed by atoms with Gasteiger partial charge in [0.05, 0.1) is 5.39 Å². The predicted molar refractivity (Wildman–Crippen MR) is 95.3 cm³/mol. The Hall–Kier alpha value is -3.34. The number of aromatic hydroxyl groups is 1. The molecule has 0 unspecified atom stereocenters.